The van der Waals surface area contributed by atoms with E-state index in [4.69, 9.17) is 4.84 Å². The van der Waals surface area contributed by atoms with E-state index in [2.05, 4.69) is 10.2 Å². The van der Waals surface area contributed by atoms with E-state index in [0.29, 0.717) is 6.42 Å². The van der Waals surface area contributed by atoms with E-state index in [1.54, 1.807) is 18.2 Å². The van der Waals surface area contributed by atoms with Crippen molar-refractivity contribution in [3.05, 3.63) is 78.4 Å². The third-order valence-corrected chi connectivity index (χ3v) is 6.48. The van der Waals surface area contributed by atoms with Gasteiger partial charge < -0.3 is 0 Å². The molecule has 1 amide bonds. The molecule has 0 spiro atoms. The van der Waals surface area contributed by atoms with Crippen molar-refractivity contribution in [3.63, 3.8) is 0 Å². The molecule has 7 heteroatoms. The molecule has 164 valence electrons. The molecule has 3 rings (SSSR count). The monoisotopic (exact) mass is 440 g/mol. The molecule has 0 saturated heterocycles. The largest absolute Gasteiger partial charge is 0.273 e. The number of carbonyl (C=O) groups excluding carboxylic acids is 1. The van der Waals surface area contributed by atoms with Crippen molar-refractivity contribution in [1.29, 1.82) is 0 Å². The van der Waals surface area contributed by atoms with Crippen LogP contribution in [0, 0.1) is 0 Å². The van der Waals surface area contributed by atoms with Crippen LogP contribution in [0.3, 0.4) is 0 Å². The van der Waals surface area contributed by atoms with Crippen molar-refractivity contribution in [3.8, 4) is 0 Å². The van der Waals surface area contributed by atoms with Crippen LogP contribution >= 0.6 is 0 Å². The molecule has 0 fully saturated rings. The van der Waals surface area contributed by atoms with Gasteiger partial charge in [-0.15, -0.1) is 0 Å². The molecule has 0 aliphatic rings. The minimum Gasteiger partial charge on any atom is -0.273 e. The molecule has 0 unspecified atom stereocenters. The number of carbonyl (C=O) groups is 1. The molecular formula is C24H28N2O4S. The summed E-state index contributed by atoms with van der Waals surface area (Å²) in [4.78, 5) is 17.8. The van der Waals surface area contributed by atoms with Gasteiger partial charge in [-0.3, -0.25) is 9.63 Å². The Labute approximate surface area is 183 Å². The van der Waals surface area contributed by atoms with Crippen LogP contribution < -0.4 is 10.2 Å². The number of hydrogen-bond donors (Lipinski definition) is 2. The lowest BCUT2D eigenvalue weighted by Gasteiger charge is -2.18. The highest BCUT2D eigenvalue weighted by Gasteiger charge is 2.22. The van der Waals surface area contributed by atoms with Crippen LogP contribution in [-0.4, -0.2) is 20.4 Å². The first-order valence-corrected chi connectivity index (χ1v) is 11.9. The highest BCUT2D eigenvalue weighted by Crippen LogP contribution is 2.20. The van der Waals surface area contributed by atoms with Gasteiger partial charge in [0.15, 0.2) is 0 Å². The molecule has 6 nitrogen and oxygen atoms in total. The first-order chi connectivity index (χ1) is 15.0. The van der Waals surface area contributed by atoms with Gasteiger partial charge in [-0.05, 0) is 34.9 Å². The Morgan fingerprint density at radius 2 is 1.68 bits per heavy atom. The molecule has 0 heterocycles. The van der Waals surface area contributed by atoms with Gasteiger partial charge in [-0.1, -0.05) is 80.4 Å². The molecule has 0 radical (unpaired) electrons. The highest BCUT2D eigenvalue weighted by molar-refractivity contribution is 7.89. The number of nitrogens with one attached hydrogen (secondary N) is 2. The van der Waals surface area contributed by atoms with Crippen LogP contribution in [0.25, 0.3) is 10.8 Å². The Bertz CT molecular complexity index is 1100. The molecule has 2 N–H and O–H groups in total. The van der Waals surface area contributed by atoms with Crippen LogP contribution in [0.4, 0.5) is 0 Å². The smallest absolute Gasteiger partial charge is 0.245 e. The van der Waals surface area contributed by atoms with E-state index in [1.807, 2.05) is 61.5 Å². The Morgan fingerprint density at radius 3 is 2.42 bits per heavy atom. The predicted octanol–water partition coefficient (Wildman–Crippen LogP) is 4.32. The van der Waals surface area contributed by atoms with Gasteiger partial charge in [-0.2, -0.15) is 0 Å². The topological polar surface area (TPSA) is 84.5 Å². The van der Waals surface area contributed by atoms with Crippen LogP contribution in [0.15, 0.2) is 77.7 Å². The molecule has 31 heavy (non-hydrogen) atoms. The number of unbranched alkanes of at least 4 members (excludes halogenated alkanes) is 1. The molecule has 3 aromatic rings. The van der Waals surface area contributed by atoms with Crippen LogP contribution in [0.5, 0.6) is 0 Å². The summed E-state index contributed by atoms with van der Waals surface area (Å²) < 4.78 is 28.6. The quantitative estimate of drug-likeness (QED) is 0.435. The molecular weight excluding hydrogens is 412 g/mol. The fourth-order valence-corrected chi connectivity index (χ4v) is 4.62. The SMILES string of the molecule is CCCC[C@@H](CC(=O)NOCc1ccccc1)NS(=O)(=O)c1ccc2ccccc2c1. The van der Waals surface area contributed by atoms with Crippen LogP contribution in [-0.2, 0) is 26.3 Å². The number of hydroxylamine groups is 1. The second-order valence-corrected chi connectivity index (χ2v) is 9.19. The summed E-state index contributed by atoms with van der Waals surface area (Å²) in [6.07, 6.45) is 2.28. The van der Waals surface area contributed by atoms with Crippen molar-refractivity contribution in [2.45, 2.75) is 50.2 Å². The van der Waals surface area contributed by atoms with Crippen molar-refractivity contribution >= 4 is 26.7 Å². The van der Waals surface area contributed by atoms with Crippen LogP contribution in [0.2, 0.25) is 0 Å². The third-order valence-electron chi connectivity index (χ3n) is 4.96. The van der Waals surface area contributed by atoms with Crippen molar-refractivity contribution in [1.82, 2.24) is 10.2 Å². The summed E-state index contributed by atoms with van der Waals surface area (Å²) in [5.41, 5.74) is 3.35. The van der Waals surface area contributed by atoms with Gasteiger partial charge in [0.2, 0.25) is 15.9 Å². The van der Waals surface area contributed by atoms with Crippen molar-refractivity contribution in [2.24, 2.45) is 0 Å². The average molecular weight is 441 g/mol. The Hall–Kier alpha value is -2.74. The van der Waals surface area contributed by atoms with Gasteiger partial charge in [0.05, 0.1) is 11.5 Å². The Morgan fingerprint density at radius 1 is 0.968 bits per heavy atom. The zero-order chi connectivity index (χ0) is 22.1. The zero-order valence-corrected chi connectivity index (χ0v) is 18.4. The van der Waals surface area contributed by atoms with E-state index in [-0.39, 0.29) is 23.8 Å². The second kappa shape index (κ2) is 11.0. The standard InChI is InChI=1S/C24H28N2O4S/c1-2-3-13-22(17-24(27)25-30-18-19-9-5-4-6-10-19)26-31(28,29)23-15-14-20-11-7-8-12-21(20)16-23/h4-12,14-16,22,26H,2-3,13,17-18H2,1H3,(H,25,27)/t22-/m0/s1. The summed E-state index contributed by atoms with van der Waals surface area (Å²) in [6, 6.07) is 21.6. The lowest BCUT2D eigenvalue weighted by Crippen LogP contribution is -2.39. The number of amides is 1. The Balaban J connectivity index is 1.62. The first kappa shape index (κ1) is 22.9. The van der Waals surface area contributed by atoms with Gasteiger partial charge in [-0.25, -0.2) is 18.6 Å². The van der Waals surface area contributed by atoms with Crippen molar-refractivity contribution < 1.29 is 18.0 Å². The number of rotatable bonds is 11. The van der Waals surface area contributed by atoms with Gasteiger partial charge >= 0.3 is 0 Å². The van der Waals surface area contributed by atoms with E-state index < -0.39 is 16.1 Å². The number of sulfonamides is 1. The van der Waals surface area contributed by atoms with Gasteiger partial charge in [0.25, 0.3) is 0 Å². The lowest BCUT2D eigenvalue weighted by molar-refractivity contribution is -0.135. The molecule has 1 atom stereocenters. The average Bonchev–Trinajstić information content (AvgIpc) is 2.77. The zero-order valence-electron chi connectivity index (χ0n) is 17.6. The summed E-state index contributed by atoms with van der Waals surface area (Å²) in [5, 5.41) is 1.82. The third kappa shape index (κ3) is 6.89. The van der Waals surface area contributed by atoms with Crippen molar-refractivity contribution in [2.75, 3.05) is 0 Å². The van der Waals surface area contributed by atoms with Gasteiger partial charge in [0, 0.05) is 12.5 Å². The van der Waals surface area contributed by atoms with E-state index >= 15 is 0 Å². The number of fused-ring (bicyclic) bond motifs is 1. The summed E-state index contributed by atoms with van der Waals surface area (Å²) in [7, 11) is -3.76. The van der Waals surface area contributed by atoms with Crippen LogP contribution in [0.1, 0.15) is 38.2 Å². The number of benzene rings is 3. The molecule has 0 bridgehead atoms. The predicted molar refractivity (Wildman–Crippen MR) is 122 cm³/mol. The first-order valence-electron chi connectivity index (χ1n) is 10.4. The lowest BCUT2D eigenvalue weighted by atomic mass is 10.1. The van der Waals surface area contributed by atoms with E-state index in [1.165, 1.54) is 0 Å². The highest BCUT2D eigenvalue weighted by atomic mass is 32.2. The number of hydrogen-bond acceptors (Lipinski definition) is 4. The summed E-state index contributed by atoms with van der Waals surface area (Å²) in [6.45, 7) is 2.27. The van der Waals surface area contributed by atoms with E-state index in [0.717, 1.165) is 29.2 Å². The fraction of sp³-hybridized carbons (Fsp3) is 0.292. The van der Waals surface area contributed by atoms with E-state index in [9.17, 15) is 13.2 Å². The maximum atomic E-state index is 13.0. The molecule has 0 aromatic heterocycles. The molecule has 0 aliphatic heterocycles. The minimum atomic E-state index is -3.76. The summed E-state index contributed by atoms with van der Waals surface area (Å²) >= 11 is 0. The second-order valence-electron chi connectivity index (χ2n) is 7.47. The normalized spacial score (nSPS) is 12.5. The maximum absolute atomic E-state index is 13.0. The Kier molecular flexibility index (Phi) is 8.17. The maximum Gasteiger partial charge on any atom is 0.245 e. The molecule has 3 aromatic carbocycles. The minimum absolute atomic E-state index is 0.00159. The van der Waals surface area contributed by atoms with Gasteiger partial charge in [0.1, 0.15) is 0 Å². The summed E-state index contributed by atoms with van der Waals surface area (Å²) in [5.74, 6) is -0.363. The molecule has 0 aliphatic carbocycles. The molecule has 0 saturated carbocycles. The fourth-order valence-electron chi connectivity index (χ4n) is 3.31.